The van der Waals surface area contributed by atoms with Gasteiger partial charge in [-0.25, -0.2) is 14.2 Å². The lowest BCUT2D eigenvalue weighted by Gasteiger charge is -2.15. The number of hydrogen-bond acceptors (Lipinski definition) is 6. The summed E-state index contributed by atoms with van der Waals surface area (Å²) >= 11 is 0. The van der Waals surface area contributed by atoms with Crippen LogP contribution in [0, 0.1) is 12.4 Å². The molecule has 3 N–H and O–H groups in total. The molecule has 0 aliphatic carbocycles. The SMILES string of the molecule is [C-]#[N+]c1ccc(O)c(C(=O)NC2=NCCN2)c1-c1ccnc(OC)c1F. The Kier molecular flexibility index (Phi) is 4.66. The predicted molar refractivity (Wildman–Crippen MR) is 91.9 cm³/mol. The van der Waals surface area contributed by atoms with Crippen molar-refractivity contribution >= 4 is 17.6 Å². The molecule has 0 bridgehead atoms. The number of carbonyl (C=O) groups excluding carboxylic acids is 1. The zero-order chi connectivity index (χ0) is 18.7. The Morgan fingerprint density at radius 2 is 2.27 bits per heavy atom. The van der Waals surface area contributed by atoms with Gasteiger partial charge in [-0.3, -0.25) is 15.1 Å². The number of rotatable bonds is 3. The van der Waals surface area contributed by atoms with E-state index < -0.39 is 17.5 Å². The number of halogens is 1. The molecular weight excluding hydrogens is 341 g/mol. The number of phenols is 1. The number of aromatic nitrogens is 1. The van der Waals surface area contributed by atoms with Crippen molar-refractivity contribution in [3.05, 3.63) is 47.2 Å². The van der Waals surface area contributed by atoms with E-state index in [1.165, 1.54) is 31.5 Å². The van der Waals surface area contributed by atoms with Crippen LogP contribution in [0.1, 0.15) is 10.4 Å². The number of carbonyl (C=O) groups is 1. The molecular formula is C17H14FN5O3. The third kappa shape index (κ3) is 3.00. The lowest BCUT2D eigenvalue weighted by Crippen LogP contribution is -2.38. The van der Waals surface area contributed by atoms with Crippen molar-refractivity contribution in [3.8, 4) is 22.8 Å². The first-order valence-electron chi connectivity index (χ1n) is 7.58. The normalized spacial score (nSPS) is 12.7. The van der Waals surface area contributed by atoms with E-state index >= 15 is 0 Å². The predicted octanol–water partition coefficient (Wildman–Crippen LogP) is 1.84. The van der Waals surface area contributed by atoms with E-state index in [1.54, 1.807) is 0 Å². The summed E-state index contributed by atoms with van der Waals surface area (Å²) in [5.41, 5.74) is -0.358. The van der Waals surface area contributed by atoms with Crippen LogP contribution in [0.15, 0.2) is 29.4 Å². The van der Waals surface area contributed by atoms with Crippen molar-refractivity contribution in [1.29, 1.82) is 0 Å². The highest BCUT2D eigenvalue weighted by Gasteiger charge is 2.25. The Hall–Kier alpha value is -3.67. The van der Waals surface area contributed by atoms with Crippen LogP contribution in [0.2, 0.25) is 0 Å². The fraction of sp³-hybridized carbons (Fsp3) is 0.176. The molecule has 1 amide bonds. The second kappa shape index (κ2) is 7.06. The van der Waals surface area contributed by atoms with Crippen molar-refractivity contribution in [2.45, 2.75) is 0 Å². The summed E-state index contributed by atoms with van der Waals surface area (Å²) in [6.07, 6.45) is 1.29. The van der Waals surface area contributed by atoms with Gasteiger partial charge in [0.2, 0.25) is 0 Å². The minimum atomic E-state index is -0.837. The first kappa shape index (κ1) is 17.2. The third-order valence-electron chi connectivity index (χ3n) is 3.73. The molecule has 1 aromatic carbocycles. The average molecular weight is 355 g/mol. The van der Waals surface area contributed by atoms with E-state index in [1.807, 2.05) is 0 Å². The number of aliphatic imine (C=N–C) groups is 1. The zero-order valence-electron chi connectivity index (χ0n) is 13.7. The summed E-state index contributed by atoms with van der Waals surface area (Å²) in [4.78, 5) is 23.8. The van der Waals surface area contributed by atoms with E-state index in [2.05, 4.69) is 25.5 Å². The average Bonchev–Trinajstić information content (AvgIpc) is 3.14. The van der Waals surface area contributed by atoms with Crippen LogP contribution < -0.4 is 15.4 Å². The van der Waals surface area contributed by atoms with Gasteiger partial charge in [0.1, 0.15) is 5.75 Å². The molecule has 1 aliphatic rings. The summed E-state index contributed by atoms with van der Waals surface area (Å²) in [6, 6.07) is 3.83. The molecule has 0 spiro atoms. The van der Waals surface area contributed by atoms with Crippen LogP contribution in [-0.2, 0) is 0 Å². The van der Waals surface area contributed by atoms with E-state index in [-0.39, 0.29) is 34.2 Å². The fourth-order valence-corrected chi connectivity index (χ4v) is 2.59. The molecule has 8 nitrogen and oxygen atoms in total. The van der Waals surface area contributed by atoms with Gasteiger partial charge in [0, 0.05) is 23.9 Å². The van der Waals surface area contributed by atoms with Crippen LogP contribution in [0.3, 0.4) is 0 Å². The summed E-state index contributed by atoms with van der Waals surface area (Å²) in [6.45, 7) is 8.42. The number of hydrogen-bond donors (Lipinski definition) is 3. The fourth-order valence-electron chi connectivity index (χ4n) is 2.59. The maximum absolute atomic E-state index is 14.7. The smallest absolute Gasteiger partial charge is 0.261 e. The lowest BCUT2D eigenvalue weighted by molar-refractivity contribution is 0.0974. The molecule has 0 radical (unpaired) electrons. The van der Waals surface area contributed by atoms with Crippen LogP contribution in [0.5, 0.6) is 11.6 Å². The van der Waals surface area contributed by atoms with Crippen molar-refractivity contribution in [2.75, 3.05) is 20.2 Å². The highest BCUT2D eigenvalue weighted by Crippen LogP contribution is 2.40. The number of pyridine rings is 1. The summed E-state index contributed by atoms with van der Waals surface area (Å²) in [5, 5.41) is 15.6. The Morgan fingerprint density at radius 3 is 2.92 bits per heavy atom. The Labute approximate surface area is 148 Å². The molecule has 1 aliphatic heterocycles. The van der Waals surface area contributed by atoms with Crippen LogP contribution in [0.4, 0.5) is 10.1 Å². The number of nitrogens with one attached hydrogen (secondary N) is 2. The molecule has 132 valence electrons. The van der Waals surface area contributed by atoms with Crippen LogP contribution >= 0.6 is 0 Å². The summed E-state index contributed by atoms with van der Waals surface area (Å²) in [7, 11) is 1.25. The largest absolute Gasteiger partial charge is 0.507 e. The summed E-state index contributed by atoms with van der Waals surface area (Å²) in [5.74, 6) is -1.97. The monoisotopic (exact) mass is 355 g/mol. The molecule has 3 rings (SSSR count). The van der Waals surface area contributed by atoms with E-state index in [4.69, 9.17) is 11.3 Å². The van der Waals surface area contributed by atoms with Gasteiger partial charge in [0.15, 0.2) is 17.5 Å². The molecule has 0 saturated heterocycles. The number of aromatic hydroxyl groups is 1. The summed E-state index contributed by atoms with van der Waals surface area (Å²) < 4.78 is 19.6. The number of methoxy groups -OCH3 is 1. The van der Waals surface area contributed by atoms with Gasteiger partial charge >= 0.3 is 0 Å². The van der Waals surface area contributed by atoms with Gasteiger partial charge in [-0.2, -0.15) is 0 Å². The van der Waals surface area contributed by atoms with Gasteiger partial charge in [0.25, 0.3) is 11.8 Å². The Bertz CT molecular complexity index is 952. The van der Waals surface area contributed by atoms with Gasteiger partial charge < -0.3 is 15.2 Å². The maximum atomic E-state index is 14.7. The van der Waals surface area contributed by atoms with E-state index in [0.29, 0.717) is 13.1 Å². The highest BCUT2D eigenvalue weighted by molar-refractivity contribution is 6.12. The number of benzene rings is 1. The topological polar surface area (TPSA) is 100 Å². The van der Waals surface area contributed by atoms with Crippen molar-refractivity contribution < 1.29 is 19.0 Å². The van der Waals surface area contributed by atoms with Crippen molar-refractivity contribution in [3.63, 3.8) is 0 Å². The second-order valence-electron chi connectivity index (χ2n) is 5.26. The quantitative estimate of drug-likeness (QED) is 0.730. The number of phenolic OH excluding ortho intramolecular Hbond substituents is 1. The minimum Gasteiger partial charge on any atom is -0.507 e. The van der Waals surface area contributed by atoms with Gasteiger partial charge in [0.05, 0.1) is 25.8 Å². The third-order valence-corrected chi connectivity index (χ3v) is 3.73. The second-order valence-corrected chi connectivity index (χ2v) is 5.26. The van der Waals surface area contributed by atoms with Crippen LogP contribution in [-0.4, -0.2) is 42.2 Å². The van der Waals surface area contributed by atoms with Gasteiger partial charge in [-0.05, 0) is 12.1 Å². The van der Waals surface area contributed by atoms with Gasteiger partial charge in [-0.15, -0.1) is 0 Å². The molecule has 0 atom stereocenters. The van der Waals surface area contributed by atoms with E-state index in [9.17, 15) is 14.3 Å². The van der Waals surface area contributed by atoms with Crippen molar-refractivity contribution in [1.82, 2.24) is 15.6 Å². The number of nitrogens with zero attached hydrogens (tertiary/aromatic N) is 3. The van der Waals surface area contributed by atoms with Crippen molar-refractivity contribution in [2.24, 2.45) is 4.99 Å². The zero-order valence-corrected chi connectivity index (χ0v) is 13.7. The Morgan fingerprint density at radius 1 is 1.46 bits per heavy atom. The van der Waals surface area contributed by atoms with E-state index in [0.717, 1.165) is 0 Å². The molecule has 2 aromatic rings. The van der Waals surface area contributed by atoms with Gasteiger partial charge in [-0.1, -0.05) is 6.07 Å². The molecule has 1 aromatic heterocycles. The molecule has 2 heterocycles. The standard InChI is InChI=1S/C17H14FN5O3/c1-19-10-3-4-11(24)13(15(25)23-17-21-7-8-22-17)12(10)9-5-6-20-16(26-2)14(9)18/h3-6,24H,7-8H2,2H3,(H2,21,22,23,25). The number of ether oxygens (including phenoxy) is 1. The minimum absolute atomic E-state index is 0.00132. The molecule has 0 saturated carbocycles. The molecule has 9 heteroatoms. The highest BCUT2D eigenvalue weighted by atomic mass is 19.1. The van der Waals surface area contributed by atoms with Crippen LogP contribution in [0.25, 0.3) is 16.0 Å². The molecule has 0 unspecified atom stereocenters. The first-order valence-corrected chi connectivity index (χ1v) is 7.58. The molecule has 26 heavy (non-hydrogen) atoms. The Balaban J connectivity index is 2.19. The first-order chi connectivity index (χ1) is 12.6. The number of guanidine groups is 1. The lowest BCUT2D eigenvalue weighted by atomic mass is 9.96. The number of amides is 1. The maximum Gasteiger partial charge on any atom is 0.261 e. The molecule has 0 fully saturated rings.